The van der Waals surface area contributed by atoms with Crippen LogP contribution < -0.4 is 5.32 Å². The summed E-state index contributed by atoms with van der Waals surface area (Å²) < 4.78 is 25.9. The molecule has 0 atom stereocenters. The van der Waals surface area contributed by atoms with E-state index in [2.05, 4.69) is 5.32 Å². The summed E-state index contributed by atoms with van der Waals surface area (Å²) in [7, 11) is 0. The van der Waals surface area contributed by atoms with E-state index in [1.165, 1.54) is 12.1 Å². The van der Waals surface area contributed by atoms with Crippen molar-refractivity contribution in [3.05, 3.63) is 70.8 Å². The highest BCUT2D eigenvalue weighted by atomic mass is 19.2. The Balaban J connectivity index is 1.60. The predicted molar refractivity (Wildman–Crippen MR) is 81.7 cm³/mol. The van der Waals surface area contributed by atoms with Crippen LogP contribution in [0.1, 0.15) is 31.1 Å². The molecule has 2 aromatic rings. The van der Waals surface area contributed by atoms with Crippen LogP contribution in [-0.2, 0) is 9.63 Å². The lowest BCUT2D eigenvalue weighted by molar-refractivity contribution is -0.167. The Labute approximate surface area is 145 Å². The summed E-state index contributed by atoms with van der Waals surface area (Å²) in [6, 6.07) is 8.39. The van der Waals surface area contributed by atoms with Crippen molar-refractivity contribution < 1.29 is 32.8 Å². The normalized spacial score (nSPS) is 12.8. The zero-order valence-corrected chi connectivity index (χ0v) is 13.0. The van der Waals surface area contributed by atoms with E-state index in [0.717, 1.165) is 12.1 Å². The fourth-order valence-electron chi connectivity index (χ4n) is 2.28. The molecule has 3 rings (SSSR count). The van der Waals surface area contributed by atoms with E-state index in [4.69, 9.17) is 4.84 Å². The van der Waals surface area contributed by atoms with Crippen LogP contribution in [0.5, 0.6) is 0 Å². The van der Waals surface area contributed by atoms with Gasteiger partial charge in [0.15, 0.2) is 11.6 Å². The van der Waals surface area contributed by atoms with Crippen LogP contribution in [0.25, 0.3) is 0 Å². The molecule has 1 N–H and O–H groups in total. The molecule has 9 heteroatoms. The Morgan fingerprint density at radius 2 is 1.58 bits per heavy atom. The number of halogens is 2. The van der Waals surface area contributed by atoms with Gasteiger partial charge in [-0.1, -0.05) is 17.2 Å². The SMILES string of the molecule is O=C(CNC(=O)c1ccc(F)c(F)c1)ON1C(=O)c2ccccc2C1=O. The van der Waals surface area contributed by atoms with E-state index in [9.17, 15) is 28.0 Å². The molecule has 3 amide bonds. The third-order valence-corrected chi connectivity index (χ3v) is 3.52. The molecule has 0 bridgehead atoms. The highest BCUT2D eigenvalue weighted by molar-refractivity contribution is 6.20. The molecule has 0 saturated carbocycles. The minimum Gasteiger partial charge on any atom is -0.341 e. The van der Waals surface area contributed by atoms with Crippen molar-refractivity contribution in [2.45, 2.75) is 0 Å². The first kappa shape index (κ1) is 17.2. The second-order valence-corrected chi connectivity index (χ2v) is 5.23. The molecule has 1 heterocycles. The van der Waals surface area contributed by atoms with Crippen molar-refractivity contribution in [1.82, 2.24) is 10.4 Å². The Kier molecular flexibility index (Phi) is 4.44. The fraction of sp³-hybridized carbons (Fsp3) is 0.0588. The third-order valence-electron chi connectivity index (χ3n) is 3.52. The smallest absolute Gasteiger partial charge is 0.341 e. The summed E-state index contributed by atoms with van der Waals surface area (Å²) in [4.78, 5) is 52.3. The van der Waals surface area contributed by atoms with E-state index in [0.29, 0.717) is 11.1 Å². The Morgan fingerprint density at radius 1 is 0.962 bits per heavy atom. The van der Waals surface area contributed by atoms with Crippen LogP contribution in [0.15, 0.2) is 42.5 Å². The first-order valence-corrected chi connectivity index (χ1v) is 7.30. The lowest BCUT2D eigenvalue weighted by Gasteiger charge is -2.13. The van der Waals surface area contributed by atoms with Gasteiger partial charge in [0.1, 0.15) is 6.54 Å². The first-order chi connectivity index (χ1) is 12.4. The molecular formula is C17H10F2N2O5. The molecule has 7 nitrogen and oxygen atoms in total. The van der Waals surface area contributed by atoms with Gasteiger partial charge >= 0.3 is 5.97 Å². The minimum absolute atomic E-state index is 0.0936. The third kappa shape index (κ3) is 3.14. The summed E-state index contributed by atoms with van der Waals surface area (Å²) in [5.41, 5.74) is -0.0234. The summed E-state index contributed by atoms with van der Waals surface area (Å²) in [6.45, 7) is -0.689. The molecule has 0 fully saturated rings. The Hall–Kier alpha value is -3.62. The van der Waals surface area contributed by atoms with E-state index in [1.807, 2.05) is 0 Å². The van der Waals surface area contributed by atoms with Crippen LogP contribution in [-0.4, -0.2) is 35.3 Å². The molecule has 0 saturated heterocycles. The summed E-state index contributed by atoms with van der Waals surface area (Å²) in [5, 5.41) is 2.42. The van der Waals surface area contributed by atoms with Crippen LogP contribution in [0.2, 0.25) is 0 Å². The van der Waals surface area contributed by atoms with E-state index >= 15 is 0 Å². The minimum atomic E-state index is -1.22. The Morgan fingerprint density at radius 3 is 2.15 bits per heavy atom. The van der Waals surface area contributed by atoms with Crippen molar-refractivity contribution in [1.29, 1.82) is 0 Å². The molecule has 0 spiro atoms. The highest BCUT2D eigenvalue weighted by Crippen LogP contribution is 2.22. The van der Waals surface area contributed by atoms with Crippen molar-refractivity contribution in [3.8, 4) is 0 Å². The number of carbonyl (C=O) groups excluding carboxylic acids is 4. The molecule has 0 aliphatic carbocycles. The number of carbonyl (C=O) groups is 4. The Bertz CT molecular complexity index is 910. The van der Waals surface area contributed by atoms with Crippen molar-refractivity contribution in [2.24, 2.45) is 0 Å². The number of nitrogens with one attached hydrogen (secondary N) is 1. The van der Waals surface area contributed by atoms with Gasteiger partial charge in [0.2, 0.25) is 0 Å². The van der Waals surface area contributed by atoms with E-state index in [-0.39, 0.29) is 16.7 Å². The van der Waals surface area contributed by atoms with Gasteiger partial charge in [0, 0.05) is 5.56 Å². The molecule has 0 unspecified atom stereocenters. The molecule has 132 valence electrons. The number of hydroxylamine groups is 2. The maximum absolute atomic E-state index is 13.1. The number of benzene rings is 2. The second-order valence-electron chi connectivity index (χ2n) is 5.23. The number of imide groups is 1. The zero-order chi connectivity index (χ0) is 18.8. The van der Waals surface area contributed by atoms with E-state index in [1.54, 1.807) is 12.1 Å². The van der Waals surface area contributed by atoms with Crippen molar-refractivity contribution >= 4 is 23.7 Å². The first-order valence-electron chi connectivity index (χ1n) is 7.30. The van der Waals surface area contributed by atoms with Gasteiger partial charge in [0.05, 0.1) is 11.1 Å². The lowest BCUT2D eigenvalue weighted by atomic mass is 10.1. The summed E-state index contributed by atoms with van der Waals surface area (Å²) in [5.74, 6) is -5.88. The number of fused-ring (bicyclic) bond motifs is 1. The molecule has 1 aliphatic rings. The molecule has 26 heavy (non-hydrogen) atoms. The van der Waals surface area contributed by atoms with Crippen molar-refractivity contribution in [3.63, 3.8) is 0 Å². The van der Waals surface area contributed by atoms with Gasteiger partial charge < -0.3 is 10.2 Å². The quantitative estimate of drug-likeness (QED) is 0.833. The lowest BCUT2D eigenvalue weighted by Crippen LogP contribution is -2.38. The van der Waals surface area contributed by atoms with Crippen LogP contribution in [0.3, 0.4) is 0 Å². The average Bonchev–Trinajstić information content (AvgIpc) is 2.87. The van der Waals surface area contributed by atoms with Crippen LogP contribution in [0, 0.1) is 11.6 Å². The van der Waals surface area contributed by atoms with Crippen molar-refractivity contribution in [2.75, 3.05) is 6.54 Å². The van der Waals surface area contributed by atoms with Crippen LogP contribution >= 0.6 is 0 Å². The van der Waals surface area contributed by atoms with Gasteiger partial charge in [0.25, 0.3) is 17.7 Å². The highest BCUT2D eigenvalue weighted by Gasteiger charge is 2.38. The maximum Gasteiger partial charge on any atom is 0.352 e. The molecular weight excluding hydrogens is 350 g/mol. The largest absolute Gasteiger partial charge is 0.352 e. The van der Waals surface area contributed by atoms with E-state index < -0.39 is 41.9 Å². The second kappa shape index (κ2) is 6.71. The molecule has 0 aromatic heterocycles. The number of nitrogens with zero attached hydrogens (tertiary/aromatic N) is 1. The van der Waals surface area contributed by atoms with Gasteiger partial charge in [-0.25, -0.2) is 13.6 Å². The topological polar surface area (TPSA) is 92.8 Å². The summed E-state index contributed by atoms with van der Waals surface area (Å²) in [6.07, 6.45) is 0. The van der Waals surface area contributed by atoms with Gasteiger partial charge in [-0.3, -0.25) is 14.4 Å². The standard InChI is InChI=1S/C17H10F2N2O5/c18-12-6-5-9(7-13(12)19)15(23)20-8-14(22)26-21-16(24)10-3-1-2-4-11(10)17(21)25/h1-7H,8H2,(H,20,23). The van der Waals surface area contributed by atoms with Crippen LogP contribution in [0.4, 0.5) is 8.78 Å². The summed E-state index contributed by atoms with van der Waals surface area (Å²) >= 11 is 0. The maximum atomic E-state index is 13.1. The van der Waals surface area contributed by atoms with Gasteiger partial charge in [-0.2, -0.15) is 0 Å². The number of hydrogen-bond acceptors (Lipinski definition) is 5. The number of hydrogen-bond donors (Lipinski definition) is 1. The molecule has 2 aromatic carbocycles. The van der Waals surface area contributed by atoms with Gasteiger partial charge in [-0.05, 0) is 30.3 Å². The number of amides is 3. The number of rotatable bonds is 4. The van der Waals surface area contributed by atoms with Gasteiger partial charge in [-0.15, -0.1) is 0 Å². The molecule has 1 aliphatic heterocycles. The zero-order valence-electron chi connectivity index (χ0n) is 13.0. The predicted octanol–water partition coefficient (Wildman–Crippen LogP) is 1.45. The molecule has 0 radical (unpaired) electrons. The monoisotopic (exact) mass is 360 g/mol. The average molecular weight is 360 g/mol. The fourth-order valence-corrected chi connectivity index (χ4v) is 2.28.